The summed E-state index contributed by atoms with van der Waals surface area (Å²) in [5.74, 6) is 12.1. The van der Waals surface area contributed by atoms with Crippen molar-refractivity contribution in [2.75, 3.05) is 0 Å². The molecule has 3 aromatic rings. The molecule has 0 saturated heterocycles. The number of para-hydroxylation sites is 1. The van der Waals surface area contributed by atoms with E-state index in [-0.39, 0.29) is 0 Å². The predicted molar refractivity (Wildman–Crippen MR) is 114 cm³/mol. The molecule has 0 amide bonds. The van der Waals surface area contributed by atoms with E-state index in [0.717, 1.165) is 27.9 Å². The van der Waals surface area contributed by atoms with Gasteiger partial charge >= 0.3 is 0 Å². The van der Waals surface area contributed by atoms with Crippen LogP contribution in [0, 0.1) is 23.7 Å². The Morgan fingerprint density at radius 3 is 2.00 bits per heavy atom. The molecular weight excluding hydrogens is 328 g/mol. The molecule has 2 nitrogen and oxygen atoms in total. The lowest BCUT2D eigenvalue weighted by molar-refractivity contribution is 1.28. The number of hydrogen-bond donors (Lipinski definition) is 0. The van der Waals surface area contributed by atoms with E-state index in [1.165, 1.54) is 5.39 Å². The van der Waals surface area contributed by atoms with E-state index >= 15 is 0 Å². The van der Waals surface area contributed by atoms with Gasteiger partial charge in [0, 0.05) is 12.8 Å². The number of fused-ring (bicyclic) bond motifs is 1. The fourth-order valence-electron chi connectivity index (χ4n) is 2.79. The largest absolute Gasteiger partial charge is 0.187 e. The lowest BCUT2D eigenvalue weighted by atomic mass is 10.0. The number of rotatable bonds is 4. The number of aliphatic imine (C=N–C) groups is 2. The third-order valence-corrected chi connectivity index (χ3v) is 4.19. The molecule has 0 N–H and O–H groups in total. The molecule has 0 aliphatic rings. The van der Waals surface area contributed by atoms with E-state index in [1.54, 1.807) is 0 Å². The molecule has 130 valence electrons. The zero-order chi connectivity index (χ0) is 18.9. The first-order valence-electron chi connectivity index (χ1n) is 8.87. The number of benzene rings is 3. The summed E-state index contributed by atoms with van der Waals surface area (Å²) in [6, 6.07) is 23.3. The Balaban J connectivity index is 2.00. The zero-order valence-corrected chi connectivity index (χ0v) is 15.6. The smallest absolute Gasteiger partial charge is 0.100 e. The van der Waals surface area contributed by atoms with Gasteiger partial charge in [-0.05, 0) is 53.9 Å². The van der Waals surface area contributed by atoms with Crippen molar-refractivity contribution in [2.24, 2.45) is 9.98 Å². The average molecular weight is 348 g/mol. The van der Waals surface area contributed by atoms with E-state index in [1.807, 2.05) is 50.2 Å². The monoisotopic (exact) mass is 348 g/mol. The molecule has 3 rings (SSSR count). The highest BCUT2D eigenvalue weighted by atomic mass is 14.8. The fraction of sp³-hybridized carbons (Fsp3) is 0.160. The van der Waals surface area contributed by atoms with Crippen LogP contribution in [0.5, 0.6) is 0 Å². The Morgan fingerprint density at radius 1 is 0.667 bits per heavy atom. The van der Waals surface area contributed by atoms with Gasteiger partial charge in [0.15, 0.2) is 0 Å². The van der Waals surface area contributed by atoms with Gasteiger partial charge in [-0.2, -0.15) is 9.98 Å². The standard InChI is InChI=1S/C25H20N2/c1-3-5-11-20-13-9-10-16-24(20)26-19-27-25-18-22-15-8-7-14-21(22)17-23(25)12-6-4-2/h7-10,13-18H,11-12H2,1-2H3. The molecule has 0 saturated carbocycles. The summed E-state index contributed by atoms with van der Waals surface area (Å²) in [6.07, 6.45) is 1.33. The Bertz CT molecular complexity index is 1140. The summed E-state index contributed by atoms with van der Waals surface area (Å²) in [5.41, 5.74) is 3.85. The van der Waals surface area contributed by atoms with E-state index in [4.69, 9.17) is 0 Å². The molecule has 0 aromatic heterocycles. The molecule has 0 aliphatic carbocycles. The Kier molecular flexibility index (Phi) is 6.21. The van der Waals surface area contributed by atoms with Crippen molar-refractivity contribution in [3.05, 3.63) is 71.8 Å². The SMILES string of the molecule is CC#CCc1ccccc1N=C=Nc1cc2ccccc2cc1CC#CC. The summed E-state index contributed by atoms with van der Waals surface area (Å²) < 4.78 is 0. The molecule has 0 atom stereocenters. The van der Waals surface area contributed by atoms with Gasteiger partial charge in [0.2, 0.25) is 0 Å². The van der Waals surface area contributed by atoms with Crippen molar-refractivity contribution < 1.29 is 0 Å². The molecule has 2 heteroatoms. The second kappa shape index (κ2) is 9.21. The number of hydrogen-bond acceptors (Lipinski definition) is 2. The van der Waals surface area contributed by atoms with E-state index in [9.17, 15) is 0 Å². The molecule has 27 heavy (non-hydrogen) atoms. The highest BCUT2D eigenvalue weighted by molar-refractivity contribution is 5.87. The fourth-order valence-corrected chi connectivity index (χ4v) is 2.79. The topological polar surface area (TPSA) is 24.7 Å². The minimum atomic E-state index is 0.657. The summed E-state index contributed by atoms with van der Waals surface area (Å²) in [6.45, 7) is 3.69. The molecule has 0 unspecified atom stereocenters. The van der Waals surface area contributed by atoms with Crippen molar-refractivity contribution in [1.29, 1.82) is 0 Å². The molecule has 0 radical (unpaired) electrons. The highest BCUT2D eigenvalue weighted by Crippen LogP contribution is 2.27. The van der Waals surface area contributed by atoms with Crippen molar-refractivity contribution in [3.8, 4) is 23.7 Å². The van der Waals surface area contributed by atoms with Crippen molar-refractivity contribution >= 4 is 28.2 Å². The Morgan fingerprint density at radius 2 is 1.26 bits per heavy atom. The Labute approximate surface area is 160 Å². The van der Waals surface area contributed by atoms with E-state index in [0.29, 0.717) is 12.8 Å². The molecular formula is C25H20N2. The minimum absolute atomic E-state index is 0.657. The summed E-state index contributed by atoms with van der Waals surface area (Å²) >= 11 is 0. The first kappa shape index (κ1) is 18.2. The molecule has 0 bridgehead atoms. The van der Waals surface area contributed by atoms with Crippen molar-refractivity contribution in [2.45, 2.75) is 26.7 Å². The molecule has 0 spiro atoms. The second-order valence-corrected chi connectivity index (χ2v) is 5.99. The van der Waals surface area contributed by atoms with Gasteiger partial charge in [-0.15, -0.1) is 11.8 Å². The molecule has 3 aromatic carbocycles. The lowest BCUT2D eigenvalue weighted by Gasteiger charge is -2.04. The minimum Gasteiger partial charge on any atom is -0.187 e. The quantitative estimate of drug-likeness (QED) is 0.401. The summed E-state index contributed by atoms with van der Waals surface area (Å²) in [5, 5.41) is 2.33. The third-order valence-electron chi connectivity index (χ3n) is 4.19. The number of nitrogens with zero attached hydrogens (tertiary/aromatic N) is 2. The van der Waals surface area contributed by atoms with Crippen LogP contribution in [0.3, 0.4) is 0 Å². The summed E-state index contributed by atoms with van der Waals surface area (Å²) in [7, 11) is 0. The third kappa shape index (κ3) is 4.74. The van der Waals surface area contributed by atoms with Crippen LogP contribution in [0.1, 0.15) is 25.0 Å². The Hall–Kier alpha value is -3.58. The highest BCUT2D eigenvalue weighted by Gasteiger charge is 2.03. The van der Waals surface area contributed by atoms with Gasteiger partial charge in [0.05, 0.1) is 11.4 Å². The summed E-state index contributed by atoms with van der Waals surface area (Å²) in [4.78, 5) is 8.94. The van der Waals surface area contributed by atoms with E-state index < -0.39 is 0 Å². The first-order valence-corrected chi connectivity index (χ1v) is 8.87. The van der Waals surface area contributed by atoms with Gasteiger partial charge in [-0.1, -0.05) is 54.3 Å². The van der Waals surface area contributed by atoms with E-state index in [2.05, 4.69) is 63.9 Å². The van der Waals surface area contributed by atoms with Crippen LogP contribution in [0.15, 0.2) is 70.6 Å². The molecule has 0 aliphatic heterocycles. The maximum absolute atomic E-state index is 4.51. The zero-order valence-electron chi connectivity index (χ0n) is 15.6. The lowest BCUT2D eigenvalue weighted by Crippen LogP contribution is -1.85. The average Bonchev–Trinajstić information content (AvgIpc) is 2.71. The van der Waals surface area contributed by atoms with Crippen LogP contribution in [0.25, 0.3) is 10.8 Å². The van der Waals surface area contributed by atoms with Crippen LogP contribution in [0.2, 0.25) is 0 Å². The molecule has 0 heterocycles. The van der Waals surface area contributed by atoms with Gasteiger partial charge in [-0.25, -0.2) is 0 Å². The van der Waals surface area contributed by atoms with Crippen LogP contribution >= 0.6 is 0 Å². The van der Waals surface area contributed by atoms with Crippen LogP contribution < -0.4 is 0 Å². The van der Waals surface area contributed by atoms with Crippen molar-refractivity contribution in [3.63, 3.8) is 0 Å². The first-order chi connectivity index (χ1) is 13.3. The van der Waals surface area contributed by atoms with Gasteiger partial charge in [0.1, 0.15) is 6.01 Å². The molecule has 0 fully saturated rings. The van der Waals surface area contributed by atoms with Crippen molar-refractivity contribution in [1.82, 2.24) is 0 Å². The van der Waals surface area contributed by atoms with Crippen LogP contribution in [0.4, 0.5) is 11.4 Å². The maximum atomic E-state index is 4.51. The van der Waals surface area contributed by atoms with Gasteiger partial charge in [-0.3, -0.25) is 0 Å². The predicted octanol–water partition coefficient (Wildman–Crippen LogP) is 6.11. The maximum Gasteiger partial charge on any atom is 0.100 e. The van der Waals surface area contributed by atoms with Crippen LogP contribution in [-0.4, -0.2) is 6.01 Å². The van der Waals surface area contributed by atoms with Gasteiger partial charge in [0.25, 0.3) is 0 Å². The second-order valence-electron chi connectivity index (χ2n) is 5.99. The van der Waals surface area contributed by atoms with Gasteiger partial charge < -0.3 is 0 Å². The van der Waals surface area contributed by atoms with Crippen LogP contribution in [-0.2, 0) is 12.8 Å². The normalized spacial score (nSPS) is 9.41.